The van der Waals surface area contributed by atoms with Crippen LogP contribution in [0.2, 0.25) is 0 Å². The van der Waals surface area contributed by atoms with Gasteiger partial charge in [0.05, 0.1) is 6.10 Å². The van der Waals surface area contributed by atoms with Crippen LogP contribution in [0.15, 0.2) is 24.3 Å². The van der Waals surface area contributed by atoms with E-state index in [2.05, 4.69) is 22.8 Å². The van der Waals surface area contributed by atoms with Crippen molar-refractivity contribution in [3.05, 3.63) is 29.8 Å². The predicted octanol–water partition coefficient (Wildman–Crippen LogP) is 1.57. The molecule has 0 fully saturated rings. The third-order valence-corrected chi connectivity index (χ3v) is 3.01. The van der Waals surface area contributed by atoms with Gasteiger partial charge >= 0.3 is 0 Å². The second kappa shape index (κ2) is 6.40. The van der Waals surface area contributed by atoms with Gasteiger partial charge < -0.3 is 15.4 Å². The van der Waals surface area contributed by atoms with E-state index in [1.807, 2.05) is 19.1 Å². The molecule has 1 aliphatic rings. The van der Waals surface area contributed by atoms with E-state index in [9.17, 15) is 4.79 Å². The molecule has 1 unspecified atom stereocenters. The molecule has 18 heavy (non-hydrogen) atoms. The van der Waals surface area contributed by atoms with E-state index in [0.29, 0.717) is 6.54 Å². The first-order chi connectivity index (χ1) is 8.79. The number of hydrogen-bond donors (Lipinski definition) is 2. The minimum Gasteiger partial charge on any atom is -0.382 e. The van der Waals surface area contributed by atoms with Crippen LogP contribution in [0.4, 0.5) is 5.69 Å². The average Bonchev–Trinajstić information content (AvgIpc) is 2.42. The summed E-state index contributed by atoms with van der Waals surface area (Å²) in [6, 6.07) is 8.20. The van der Waals surface area contributed by atoms with Crippen LogP contribution in [0.1, 0.15) is 18.9 Å². The fourth-order valence-corrected chi connectivity index (χ4v) is 2.04. The first kappa shape index (κ1) is 12.9. The smallest absolute Gasteiger partial charge is 0.246 e. The molecular weight excluding hydrogens is 228 g/mol. The number of fused-ring (bicyclic) bond motifs is 1. The van der Waals surface area contributed by atoms with E-state index in [1.165, 1.54) is 11.3 Å². The Labute approximate surface area is 108 Å². The molecule has 1 heterocycles. The van der Waals surface area contributed by atoms with Crippen LogP contribution >= 0.6 is 0 Å². The molecule has 0 saturated carbocycles. The van der Waals surface area contributed by atoms with Gasteiger partial charge in [-0.15, -0.1) is 0 Å². The van der Waals surface area contributed by atoms with Crippen molar-refractivity contribution in [2.45, 2.75) is 25.9 Å². The normalized spacial score (nSPS) is 17.7. The SMILES string of the molecule is CCCNC(=O)COC1CNc2ccccc2C1. The van der Waals surface area contributed by atoms with Gasteiger partial charge in [0.25, 0.3) is 0 Å². The molecule has 1 amide bonds. The predicted molar refractivity (Wildman–Crippen MR) is 71.7 cm³/mol. The molecule has 2 N–H and O–H groups in total. The molecule has 0 spiro atoms. The summed E-state index contributed by atoms with van der Waals surface area (Å²) in [6.45, 7) is 3.66. The zero-order valence-electron chi connectivity index (χ0n) is 10.7. The number of anilines is 1. The van der Waals surface area contributed by atoms with Gasteiger partial charge in [0.2, 0.25) is 5.91 Å². The summed E-state index contributed by atoms with van der Waals surface area (Å²) in [6.07, 6.45) is 1.89. The highest BCUT2D eigenvalue weighted by molar-refractivity contribution is 5.77. The van der Waals surface area contributed by atoms with Crippen LogP contribution in [0.5, 0.6) is 0 Å². The van der Waals surface area contributed by atoms with Crippen molar-refractivity contribution in [3.63, 3.8) is 0 Å². The monoisotopic (exact) mass is 248 g/mol. The van der Waals surface area contributed by atoms with E-state index in [-0.39, 0.29) is 18.6 Å². The highest BCUT2D eigenvalue weighted by atomic mass is 16.5. The number of nitrogens with one attached hydrogen (secondary N) is 2. The summed E-state index contributed by atoms with van der Waals surface area (Å²) in [5.41, 5.74) is 2.43. The van der Waals surface area contributed by atoms with Gasteiger partial charge in [-0.3, -0.25) is 4.79 Å². The van der Waals surface area contributed by atoms with Crippen LogP contribution in [-0.4, -0.2) is 31.7 Å². The first-order valence-corrected chi connectivity index (χ1v) is 6.49. The Morgan fingerprint density at radius 2 is 2.33 bits per heavy atom. The van der Waals surface area contributed by atoms with Gasteiger partial charge in [0, 0.05) is 25.2 Å². The van der Waals surface area contributed by atoms with Crippen molar-refractivity contribution < 1.29 is 9.53 Å². The fraction of sp³-hybridized carbons (Fsp3) is 0.500. The van der Waals surface area contributed by atoms with Gasteiger partial charge in [0.1, 0.15) is 6.61 Å². The zero-order valence-corrected chi connectivity index (χ0v) is 10.7. The third kappa shape index (κ3) is 3.47. The number of carbonyl (C=O) groups is 1. The highest BCUT2D eigenvalue weighted by Gasteiger charge is 2.18. The van der Waals surface area contributed by atoms with Gasteiger partial charge in [0.15, 0.2) is 0 Å². The molecule has 4 heteroatoms. The Morgan fingerprint density at radius 1 is 1.50 bits per heavy atom. The lowest BCUT2D eigenvalue weighted by Crippen LogP contribution is -2.35. The maximum Gasteiger partial charge on any atom is 0.246 e. The maximum absolute atomic E-state index is 11.4. The average molecular weight is 248 g/mol. The zero-order chi connectivity index (χ0) is 12.8. The van der Waals surface area contributed by atoms with E-state index < -0.39 is 0 Å². The lowest BCUT2D eigenvalue weighted by molar-refractivity contribution is -0.127. The Morgan fingerprint density at radius 3 is 3.17 bits per heavy atom. The van der Waals surface area contributed by atoms with Crippen molar-refractivity contribution in [2.24, 2.45) is 0 Å². The van der Waals surface area contributed by atoms with Crippen molar-refractivity contribution in [1.82, 2.24) is 5.32 Å². The maximum atomic E-state index is 11.4. The third-order valence-electron chi connectivity index (χ3n) is 3.01. The second-order valence-corrected chi connectivity index (χ2v) is 4.53. The van der Waals surface area contributed by atoms with Crippen LogP contribution in [0.3, 0.4) is 0 Å². The quantitative estimate of drug-likeness (QED) is 0.831. The first-order valence-electron chi connectivity index (χ1n) is 6.49. The number of carbonyl (C=O) groups excluding carboxylic acids is 1. The Kier molecular flexibility index (Phi) is 4.59. The second-order valence-electron chi connectivity index (χ2n) is 4.53. The number of benzene rings is 1. The summed E-state index contributed by atoms with van der Waals surface area (Å²) in [7, 11) is 0. The molecular formula is C14H20N2O2. The number of rotatable bonds is 5. The van der Waals surface area contributed by atoms with Gasteiger partial charge in [-0.05, 0) is 18.1 Å². The summed E-state index contributed by atoms with van der Waals surface area (Å²) >= 11 is 0. The minimum absolute atomic E-state index is 0.0318. The Hall–Kier alpha value is -1.55. The lowest BCUT2D eigenvalue weighted by Gasteiger charge is -2.26. The fourth-order valence-electron chi connectivity index (χ4n) is 2.04. The number of amides is 1. The molecule has 4 nitrogen and oxygen atoms in total. The summed E-state index contributed by atoms with van der Waals surface area (Å²) in [4.78, 5) is 11.4. The number of para-hydroxylation sites is 1. The number of hydrogen-bond acceptors (Lipinski definition) is 3. The summed E-state index contributed by atoms with van der Waals surface area (Å²) in [5, 5.41) is 6.13. The van der Waals surface area contributed by atoms with Crippen molar-refractivity contribution in [3.8, 4) is 0 Å². The van der Waals surface area contributed by atoms with E-state index in [1.54, 1.807) is 0 Å². The summed E-state index contributed by atoms with van der Waals surface area (Å²) < 4.78 is 5.62. The molecule has 0 bridgehead atoms. The van der Waals surface area contributed by atoms with Crippen LogP contribution < -0.4 is 10.6 Å². The molecule has 0 saturated heterocycles. The molecule has 0 aliphatic carbocycles. The molecule has 1 aliphatic heterocycles. The van der Waals surface area contributed by atoms with E-state index >= 15 is 0 Å². The topological polar surface area (TPSA) is 50.4 Å². The molecule has 1 aromatic carbocycles. The largest absolute Gasteiger partial charge is 0.382 e. The molecule has 0 aromatic heterocycles. The molecule has 1 aromatic rings. The van der Waals surface area contributed by atoms with Crippen LogP contribution in [-0.2, 0) is 16.0 Å². The Bertz CT molecular complexity index is 407. The Balaban J connectivity index is 1.78. The summed E-state index contributed by atoms with van der Waals surface area (Å²) in [5.74, 6) is -0.0318. The van der Waals surface area contributed by atoms with Gasteiger partial charge in [-0.25, -0.2) is 0 Å². The van der Waals surface area contributed by atoms with Crippen LogP contribution in [0, 0.1) is 0 Å². The van der Waals surface area contributed by atoms with Crippen molar-refractivity contribution >= 4 is 11.6 Å². The van der Waals surface area contributed by atoms with Crippen molar-refractivity contribution in [2.75, 3.05) is 25.0 Å². The molecule has 0 radical (unpaired) electrons. The van der Waals surface area contributed by atoms with Crippen LogP contribution in [0.25, 0.3) is 0 Å². The van der Waals surface area contributed by atoms with Gasteiger partial charge in [-0.2, -0.15) is 0 Å². The van der Waals surface area contributed by atoms with Gasteiger partial charge in [-0.1, -0.05) is 25.1 Å². The number of ether oxygens (including phenoxy) is 1. The minimum atomic E-state index is -0.0318. The lowest BCUT2D eigenvalue weighted by atomic mass is 10.0. The van der Waals surface area contributed by atoms with E-state index in [0.717, 1.165) is 19.4 Å². The molecule has 98 valence electrons. The highest BCUT2D eigenvalue weighted by Crippen LogP contribution is 2.22. The molecule has 2 rings (SSSR count). The van der Waals surface area contributed by atoms with E-state index in [4.69, 9.17) is 4.74 Å². The molecule has 1 atom stereocenters. The van der Waals surface area contributed by atoms with Crippen molar-refractivity contribution in [1.29, 1.82) is 0 Å². The standard InChI is InChI=1S/C14H20N2O2/c1-2-7-15-14(17)10-18-12-8-11-5-3-4-6-13(11)16-9-12/h3-6,12,16H,2,7-10H2,1H3,(H,15,17).